The van der Waals surface area contributed by atoms with Crippen molar-refractivity contribution in [2.24, 2.45) is 17.8 Å². The minimum absolute atomic E-state index is 0.0389. The summed E-state index contributed by atoms with van der Waals surface area (Å²) in [6.45, 7) is 12.2. The van der Waals surface area contributed by atoms with Gasteiger partial charge in [-0.3, -0.25) is 14.4 Å². The predicted molar refractivity (Wildman–Crippen MR) is 199 cm³/mol. The van der Waals surface area contributed by atoms with Crippen LogP contribution in [0.5, 0.6) is 0 Å². The van der Waals surface area contributed by atoms with E-state index in [1.54, 1.807) is 71.8 Å². The number of likely N-dealkylation sites (N-methyl/N-ethyl adjacent to an activating group) is 1. The van der Waals surface area contributed by atoms with Crippen molar-refractivity contribution in [3.63, 3.8) is 0 Å². The molecule has 3 aliphatic heterocycles. The van der Waals surface area contributed by atoms with Gasteiger partial charge in [-0.15, -0.1) is 0 Å². The number of allylic oxidation sites excluding steroid dienone is 3. The van der Waals surface area contributed by atoms with E-state index < -0.39 is 109 Å². The van der Waals surface area contributed by atoms with Crippen molar-refractivity contribution < 1.29 is 67.7 Å². The van der Waals surface area contributed by atoms with Gasteiger partial charge in [0.1, 0.15) is 36.3 Å². The van der Waals surface area contributed by atoms with E-state index in [9.17, 15) is 34.5 Å². The molecule has 0 aromatic heterocycles. The number of rotatable bonds is 11. The minimum Gasteiger partial charge on any atom is -0.462 e. The topological polar surface area (TPSA) is 197 Å². The second-order valence-electron chi connectivity index (χ2n) is 16.2. The molecule has 15 nitrogen and oxygen atoms in total. The lowest BCUT2D eigenvalue weighted by molar-refractivity contribution is -0.344. The lowest BCUT2D eigenvalue weighted by Crippen LogP contribution is -2.66. The zero-order valence-electron chi connectivity index (χ0n) is 34.1. The molecule has 2 saturated heterocycles. The molecule has 15 heteroatoms. The van der Waals surface area contributed by atoms with Gasteiger partial charge in [0.25, 0.3) is 0 Å². The highest BCUT2D eigenvalue weighted by molar-refractivity contribution is 5.91. The third-order valence-corrected chi connectivity index (χ3v) is 10.5. The smallest absolute Gasteiger partial charge is 0.308 e. The molecule has 2 fully saturated rings. The maximum absolute atomic E-state index is 13.1. The molecule has 0 bridgehead atoms. The van der Waals surface area contributed by atoms with Crippen LogP contribution in [0.4, 0.5) is 0 Å². The molecule has 314 valence electrons. The number of nitrogens with zero attached hydrogens (tertiary/aromatic N) is 1. The Morgan fingerprint density at radius 2 is 1.73 bits per heavy atom. The van der Waals surface area contributed by atoms with Gasteiger partial charge in [-0.2, -0.15) is 0 Å². The fraction of sp³-hybridized carbons (Fsp3) is 0.800. The molecule has 0 aromatic rings. The first-order chi connectivity index (χ1) is 25.8. The van der Waals surface area contributed by atoms with Crippen LogP contribution in [0, 0.1) is 17.8 Å². The van der Waals surface area contributed by atoms with Crippen molar-refractivity contribution in [1.82, 2.24) is 4.90 Å². The molecule has 3 N–H and O–H groups in total. The monoisotopic (exact) mass is 783 g/mol. The molecule has 0 aromatic carbocycles. The summed E-state index contributed by atoms with van der Waals surface area (Å²) in [5.41, 5.74) is -1.49. The van der Waals surface area contributed by atoms with E-state index in [1.807, 2.05) is 13.8 Å². The standard InChI is InChI=1S/C40H65NO14/c1-22(2)18-30(45)53-38-26(6)51-32(21-40(38,7)48)54-35-25(5)52-39(34(47)33(35)41(8)9)55-36-27(16-17-42)19-23(3)28(43)15-13-11-12-14-24(4)50-31(46)20-29(44)37(36)49-10/h11-13,15,17,22-27,29,32-39,44,47-48H,14,16,18-21H2,1-10H3/b12-11-,15-13-. The van der Waals surface area contributed by atoms with Crippen LogP contribution in [0.2, 0.25) is 0 Å². The van der Waals surface area contributed by atoms with Gasteiger partial charge in [0.15, 0.2) is 24.5 Å². The summed E-state index contributed by atoms with van der Waals surface area (Å²) >= 11 is 0. The predicted octanol–water partition coefficient (Wildman–Crippen LogP) is 2.65. The summed E-state index contributed by atoms with van der Waals surface area (Å²) in [7, 11) is 4.83. The molecule has 0 amide bonds. The lowest BCUT2D eigenvalue weighted by atomic mass is 9.83. The number of ether oxygens (including phenoxy) is 7. The number of aliphatic hydroxyl groups is 3. The summed E-state index contributed by atoms with van der Waals surface area (Å²) in [6, 6.07) is -0.768. The number of hydrogen-bond donors (Lipinski definition) is 3. The normalized spacial score (nSPS) is 41.1. The summed E-state index contributed by atoms with van der Waals surface area (Å²) in [5, 5.41) is 34.7. The average molecular weight is 784 g/mol. The van der Waals surface area contributed by atoms with Gasteiger partial charge in [-0.1, -0.05) is 39.0 Å². The molecular formula is C40H65NO14. The average Bonchev–Trinajstić information content (AvgIpc) is 3.06. The van der Waals surface area contributed by atoms with Crippen LogP contribution < -0.4 is 0 Å². The van der Waals surface area contributed by atoms with Crippen molar-refractivity contribution in [2.45, 2.75) is 166 Å². The summed E-state index contributed by atoms with van der Waals surface area (Å²) in [4.78, 5) is 52.3. The summed E-state index contributed by atoms with van der Waals surface area (Å²) < 4.78 is 42.3. The van der Waals surface area contributed by atoms with E-state index in [4.69, 9.17) is 33.2 Å². The largest absolute Gasteiger partial charge is 0.462 e. The number of carbonyl (C=O) groups is 4. The lowest BCUT2D eigenvalue weighted by Gasteiger charge is -2.50. The van der Waals surface area contributed by atoms with Gasteiger partial charge in [0.2, 0.25) is 0 Å². The van der Waals surface area contributed by atoms with E-state index in [2.05, 4.69) is 0 Å². The summed E-state index contributed by atoms with van der Waals surface area (Å²) in [6.07, 6.45) is -3.87. The first-order valence-electron chi connectivity index (χ1n) is 19.4. The second kappa shape index (κ2) is 21.2. The Bertz CT molecular complexity index is 1320. The molecule has 3 heterocycles. The van der Waals surface area contributed by atoms with E-state index in [1.165, 1.54) is 13.2 Å². The fourth-order valence-corrected chi connectivity index (χ4v) is 7.68. The van der Waals surface area contributed by atoms with E-state index >= 15 is 0 Å². The number of esters is 2. The van der Waals surface area contributed by atoms with Crippen LogP contribution >= 0.6 is 0 Å². The van der Waals surface area contributed by atoms with Crippen LogP contribution in [-0.4, -0.2) is 145 Å². The van der Waals surface area contributed by atoms with Gasteiger partial charge in [-0.05, 0) is 66.1 Å². The molecule has 0 saturated carbocycles. The first-order valence-corrected chi connectivity index (χ1v) is 19.4. The van der Waals surface area contributed by atoms with Gasteiger partial charge < -0.3 is 58.2 Å². The van der Waals surface area contributed by atoms with Crippen LogP contribution in [0.25, 0.3) is 0 Å². The third-order valence-electron chi connectivity index (χ3n) is 10.5. The zero-order valence-corrected chi connectivity index (χ0v) is 34.1. The van der Waals surface area contributed by atoms with E-state index in [0.29, 0.717) is 12.7 Å². The third kappa shape index (κ3) is 13.2. The molecule has 3 aliphatic rings. The molecule has 3 rings (SSSR count). The number of aldehydes is 1. The SMILES string of the molecule is COC1C(O)CC(=O)OC(C)C/C=C\C=C/C(=O)C(C)CC(CC=O)C1OC1OC(C)C(OC2CC(C)(O)C(OC(=O)CC(C)C)C(C)O2)C(N(C)C)C1O. The van der Waals surface area contributed by atoms with Crippen molar-refractivity contribution in [3.8, 4) is 0 Å². The Kier molecular flexibility index (Phi) is 18.1. The minimum atomic E-state index is -1.49. The molecule has 0 aliphatic carbocycles. The first kappa shape index (κ1) is 46.8. The number of aliphatic hydroxyl groups excluding tert-OH is 2. The Balaban J connectivity index is 1.90. The Morgan fingerprint density at radius 3 is 2.33 bits per heavy atom. The fourth-order valence-electron chi connectivity index (χ4n) is 7.68. The van der Waals surface area contributed by atoms with Crippen molar-refractivity contribution in [3.05, 3.63) is 24.3 Å². The highest BCUT2D eigenvalue weighted by Gasteiger charge is 2.52. The summed E-state index contributed by atoms with van der Waals surface area (Å²) in [5.74, 6) is -2.50. The number of cyclic esters (lactones) is 1. The van der Waals surface area contributed by atoms with E-state index in [0.717, 1.165) is 0 Å². The highest BCUT2D eigenvalue weighted by Crippen LogP contribution is 2.37. The van der Waals surface area contributed by atoms with Crippen LogP contribution in [0.3, 0.4) is 0 Å². The van der Waals surface area contributed by atoms with Gasteiger partial charge >= 0.3 is 11.9 Å². The van der Waals surface area contributed by atoms with Gasteiger partial charge in [-0.25, -0.2) is 0 Å². The van der Waals surface area contributed by atoms with Crippen molar-refractivity contribution in [1.29, 1.82) is 0 Å². The quantitative estimate of drug-likeness (QED) is 0.204. The second-order valence-corrected chi connectivity index (χ2v) is 16.2. The Morgan fingerprint density at radius 1 is 1.04 bits per heavy atom. The molecule has 0 spiro atoms. The van der Waals surface area contributed by atoms with Gasteiger partial charge in [0, 0.05) is 38.7 Å². The van der Waals surface area contributed by atoms with Crippen molar-refractivity contribution in [2.75, 3.05) is 21.2 Å². The molecule has 15 atom stereocenters. The van der Waals surface area contributed by atoms with Crippen LogP contribution in [0.1, 0.15) is 87.0 Å². The number of ketones is 1. The highest BCUT2D eigenvalue weighted by atomic mass is 16.7. The zero-order chi connectivity index (χ0) is 41.2. The van der Waals surface area contributed by atoms with Crippen LogP contribution in [0.15, 0.2) is 24.3 Å². The van der Waals surface area contributed by atoms with Crippen molar-refractivity contribution >= 4 is 24.0 Å². The van der Waals surface area contributed by atoms with E-state index in [-0.39, 0.29) is 37.4 Å². The molecule has 0 radical (unpaired) electrons. The molecular weight excluding hydrogens is 718 g/mol. The van der Waals surface area contributed by atoms with Gasteiger partial charge in [0.05, 0.1) is 36.9 Å². The maximum Gasteiger partial charge on any atom is 0.308 e. The number of carbonyl (C=O) groups excluding carboxylic acids is 4. The number of methoxy groups -OCH3 is 1. The molecule has 15 unspecified atom stereocenters. The maximum atomic E-state index is 13.1. The molecule has 55 heavy (non-hydrogen) atoms. The Labute approximate surface area is 325 Å². The number of hydrogen-bond acceptors (Lipinski definition) is 15. The van der Waals surface area contributed by atoms with Crippen LogP contribution in [-0.2, 0) is 52.3 Å². The Hall–Kier alpha value is -2.60.